The molecule has 6 rings (SSSR count). The van der Waals surface area contributed by atoms with Gasteiger partial charge in [0.2, 0.25) is 11.8 Å². The lowest BCUT2D eigenvalue weighted by Gasteiger charge is -2.17. The summed E-state index contributed by atoms with van der Waals surface area (Å²) in [6.45, 7) is 0. The summed E-state index contributed by atoms with van der Waals surface area (Å²) in [5.41, 5.74) is 2.38. The second-order valence-corrected chi connectivity index (χ2v) is 7.81. The van der Waals surface area contributed by atoms with Gasteiger partial charge in [0, 0.05) is 17.1 Å². The highest BCUT2D eigenvalue weighted by atomic mass is 16.2. The Morgan fingerprint density at radius 2 is 1.54 bits per heavy atom. The SMILES string of the molecule is O=C1[C@H]2[C@@H]3C=CC(C3)[C@H]2C(=O)N1c1ccc(-c2ncc3ccccc3n2)cc1. The van der Waals surface area contributed by atoms with Crippen molar-refractivity contribution >= 4 is 28.4 Å². The third-order valence-electron chi connectivity index (χ3n) is 6.34. The summed E-state index contributed by atoms with van der Waals surface area (Å²) in [6, 6.07) is 15.2. The lowest BCUT2D eigenvalue weighted by molar-refractivity contribution is -0.123. The first-order valence-electron chi connectivity index (χ1n) is 9.59. The molecule has 5 nitrogen and oxygen atoms in total. The van der Waals surface area contributed by atoms with E-state index in [9.17, 15) is 9.59 Å². The molecule has 0 radical (unpaired) electrons. The molecule has 3 aromatic rings. The van der Waals surface area contributed by atoms with Gasteiger partial charge >= 0.3 is 0 Å². The Morgan fingerprint density at radius 1 is 0.857 bits per heavy atom. The number of carbonyl (C=O) groups is 2. The van der Waals surface area contributed by atoms with Crippen LogP contribution in [0.25, 0.3) is 22.3 Å². The quantitative estimate of drug-likeness (QED) is 0.513. The summed E-state index contributed by atoms with van der Waals surface area (Å²) in [5, 5.41) is 0.992. The Hall–Kier alpha value is -3.34. The second kappa shape index (κ2) is 5.58. The molecule has 2 bridgehead atoms. The molecular formula is C23H17N3O2. The minimum Gasteiger partial charge on any atom is -0.274 e. The first-order valence-corrected chi connectivity index (χ1v) is 9.59. The molecule has 136 valence electrons. The van der Waals surface area contributed by atoms with Crippen molar-refractivity contribution in [3.8, 4) is 11.4 Å². The standard InChI is InChI=1S/C23H17N3O2/c27-22-19-14-5-6-15(11-14)20(19)23(28)26(22)17-9-7-13(8-10-17)21-24-12-16-3-1-2-4-18(16)25-21/h1-10,12,14-15,19-20H,11H2/t14-,15?,19+,20-/m1/s1. The van der Waals surface area contributed by atoms with E-state index in [-0.39, 0.29) is 35.5 Å². The van der Waals surface area contributed by atoms with Crippen LogP contribution in [0.4, 0.5) is 5.69 Å². The maximum Gasteiger partial charge on any atom is 0.238 e. The van der Waals surface area contributed by atoms with Crippen molar-refractivity contribution in [2.75, 3.05) is 4.90 Å². The smallest absolute Gasteiger partial charge is 0.238 e. The van der Waals surface area contributed by atoms with Crippen molar-refractivity contribution in [3.05, 3.63) is 66.9 Å². The molecular weight excluding hydrogens is 350 g/mol. The number of imide groups is 1. The van der Waals surface area contributed by atoms with Gasteiger partial charge in [0.25, 0.3) is 0 Å². The molecule has 4 atom stereocenters. The van der Waals surface area contributed by atoms with E-state index in [1.807, 2.05) is 54.7 Å². The van der Waals surface area contributed by atoms with Gasteiger partial charge in [0.1, 0.15) is 0 Å². The van der Waals surface area contributed by atoms with Crippen LogP contribution in [0.15, 0.2) is 66.9 Å². The second-order valence-electron chi connectivity index (χ2n) is 7.81. The lowest BCUT2D eigenvalue weighted by Crippen LogP contribution is -2.32. The number of anilines is 1. The number of para-hydroxylation sites is 1. The minimum atomic E-state index is -0.175. The van der Waals surface area contributed by atoms with Crippen LogP contribution in [0, 0.1) is 23.7 Å². The zero-order chi connectivity index (χ0) is 18.8. The van der Waals surface area contributed by atoms with Crippen LogP contribution < -0.4 is 4.90 Å². The van der Waals surface area contributed by atoms with E-state index >= 15 is 0 Å². The summed E-state index contributed by atoms with van der Waals surface area (Å²) >= 11 is 0. The van der Waals surface area contributed by atoms with Crippen LogP contribution in [0.2, 0.25) is 0 Å². The van der Waals surface area contributed by atoms with Crippen molar-refractivity contribution < 1.29 is 9.59 Å². The van der Waals surface area contributed by atoms with Crippen molar-refractivity contribution in [3.63, 3.8) is 0 Å². The number of rotatable bonds is 2. The van der Waals surface area contributed by atoms with E-state index in [1.165, 1.54) is 4.90 Å². The lowest BCUT2D eigenvalue weighted by atomic mass is 9.85. The van der Waals surface area contributed by atoms with Crippen LogP contribution in [0.1, 0.15) is 6.42 Å². The third-order valence-corrected chi connectivity index (χ3v) is 6.34. The van der Waals surface area contributed by atoms with E-state index in [4.69, 9.17) is 0 Å². The van der Waals surface area contributed by atoms with Gasteiger partial charge in [-0.25, -0.2) is 9.97 Å². The van der Waals surface area contributed by atoms with Gasteiger partial charge < -0.3 is 0 Å². The van der Waals surface area contributed by atoms with Crippen molar-refractivity contribution in [1.29, 1.82) is 0 Å². The molecule has 2 heterocycles. The van der Waals surface area contributed by atoms with Crippen molar-refractivity contribution in [1.82, 2.24) is 9.97 Å². The van der Waals surface area contributed by atoms with E-state index in [0.29, 0.717) is 11.5 Å². The number of hydrogen-bond donors (Lipinski definition) is 0. The molecule has 2 aromatic carbocycles. The van der Waals surface area contributed by atoms with Gasteiger partial charge in [-0.2, -0.15) is 0 Å². The molecule has 5 heteroatoms. The molecule has 1 aliphatic heterocycles. The Kier molecular flexibility index (Phi) is 3.13. The molecule has 1 unspecified atom stereocenters. The van der Waals surface area contributed by atoms with Gasteiger partial charge in [-0.05, 0) is 48.6 Å². The van der Waals surface area contributed by atoms with E-state index < -0.39 is 0 Å². The average Bonchev–Trinajstić information content (AvgIpc) is 3.42. The largest absolute Gasteiger partial charge is 0.274 e. The van der Waals surface area contributed by atoms with Gasteiger partial charge in [-0.15, -0.1) is 0 Å². The fourth-order valence-electron chi connectivity index (χ4n) is 5.03. The molecule has 1 saturated carbocycles. The van der Waals surface area contributed by atoms with Crippen LogP contribution >= 0.6 is 0 Å². The number of carbonyl (C=O) groups excluding carboxylic acids is 2. The molecule has 0 spiro atoms. The fourth-order valence-corrected chi connectivity index (χ4v) is 5.03. The molecule has 2 amide bonds. The predicted octanol–water partition coefficient (Wildman–Crippen LogP) is 3.61. The zero-order valence-corrected chi connectivity index (χ0v) is 15.0. The fraction of sp³-hybridized carbons (Fsp3) is 0.217. The normalized spacial score (nSPS) is 27.8. The van der Waals surface area contributed by atoms with Gasteiger partial charge in [0.05, 0.1) is 23.0 Å². The summed E-state index contributed by atoms with van der Waals surface area (Å²) in [4.78, 5) is 36.3. The Balaban J connectivity index is 1.33. The number of fused-ring (bicyclic) bond motifs is 6. The highest BCUT2D eigenvalue weighted by molar-refractivity contribution is 6.22. The van der Waals surface area contributed by atoms with E-state index in [0.717, 1.165) is 22.9 Å². The molecule has 2 fully saturated rings. The zero-order valence-electron chi connectivity index (χ0n) is 15.0. The Morgan fingerprint density at radius 3 is 2.25 bits per heavy atom. The van der Waals surface area contributed by atoms with E-state index in [1.54, 1.807) is 0 Å². The first kappa shape index (κ1) is 15.7. The van der Waals surface area contributed by atoms with Crippen LogP contribution in [-0.2, 0) is 9.59 Å². The topological polar surface area (TPSA) is 63.2 Å². The monoisotopic (exact) mass is 367 g/mol. The third kappa shape index (κ3) is 2.07. The summed E-state index contributed by atoms with van der Waals surface area (Å²) < 4.78 is 0. The summed E-state index contributed by atoms with van der Waals surface area (Å²) in [5.74, 6) is 0.618. The Labute approximate surface area is 161 Å². The number of aromatic nitrogens is 2. The van der Waals surface area contributed by atoms with Crippen molar-refractivity contribution in [2.45, 2.75) is 6.42 Å². The van der Waals surface area contributed by atoms with Crippen LogP contribution in [-0.4, -0.2) is 21.8 Å². The van der Waals surface area contributed by atoms with Gasteiger partial charge in [0.15, 0.2) is 5.82 Å². The van der Waals surface area contributed by atoms with Crippen LogP contribution in [0.3, 0.4) is 0 Å². The van der Waals surface area contributed by atoms with Crippen molar-refractivity contribution in [2.24, 2.45) is 23.7 Å². The average molecular weight is 367 g/mol. The molecule has 1 saturated heterocycles. The number of benzene rings is 2. The van der Waals surface area contributed by atoms with E-state index in [2.05, 4.69) is 22.1 Å². The highest BCUT2D eigenvalue weighted by Crippen LogP contribution is 2.53. The van der Waals surface area contributed by atoms with Gasteiger partial charge in [-0.3, -0.25) is 14.5 Å². The molecule has 1 aromatic heterocycles. The predicted molar refractivity (Wildman–Crippen MR) is 105 cm³/mol. The maximum absolute atomic E-state index is 12.9. The van der Waals surface area contributed by atoms with Crippen LogP contribution in [0.5, 0.6) is 0 Å². The summed E-state index contributed by atoms with van der Waals surface area (Å²) in [6.07, 6.45) is 6.98. The van der Waals surface area contributed by atoms with Gasteiger partial charge in [-0.1, -0.05) is 30.4 Å². The Bertz CT molecular complexity index is 1140. The minimum absolute atomic E-state index is 0.0541. The number of hydrogen-bond acceptors (Lipinski definition) is 4. The molecule has 0 N–H and O–H groups in total. The highest BCUT2D eigenvalue weighted by Gasteiger charge is 2.59. The molecule has 28 heavy (non-hydrogen) atoms. The molecule has 2 aliphatic carbocycles. The number of allylic oxidation sites excluding steroid dienone is 2. The number of amides is 2. The summed E-state index contributed by atoms with van der Waals surface area (Å²) in [7, 11) is 0. The first-order chi connectivity index (χ1) is 13.7. The molecule has 3 aliphatic rings. The maximum atomic E-state index is 12.9. The number of nitrogens with zero attached hydrogens (tertiary/aromatic N) is 3.